The smallest absolute Gasteiger partial charge is 0.197 e. The normalized spacial score (nSPS) is 20.6. The predicted molar refractivity (Wildman–Crippen MR) is 100 cm³/mol. The Morgan fingerprint density at radius 2 is 1.80 bits per heavy atom. The molecule has 5 nitrogen and oxygen atoms in total. The number of fused-ring (bicyclic) bond motifs is 3. The number of nitrogens with one attached hydrogen (secondary N) is 1. The van der Waals surface area contributed by atoms with Crippen LogP contribution in [0.2, 0.25) is 0 Å². The minimum absolute atomic E-state index is 0.00354. The SMILES string of the molecule is CC.CNC.COC1=CC2CCc3ccc(OC)c(O)c3C2CC1=O. The van der Waals surface area contributed by atoms with Gasteiger partial charge in [0.15, 0.2) is 23.0 Å². The highest BCUT2D eigenvalue weighted by atomic mass is 16.5. The van der Waals surface area contributed by atoms with E-state index < -0.39 is 0 Å². The van der Waals surface area contributed by atoms with Crippen LogP contribution in [0.1, 0.15) is 43.7 Å². The van der Waals surface area contributed by atoms with Crippen LogP contribution < -0.4 is 10.1 Å². The van der Waals surface area contributed by atoms with E-state index in [2.05, 4.69) is 5.32 Å². The zero-order valence-corrected chi connectivity index (χ0v) is 16.2. The molecular formula is C20H31NO4. The first-order valence-corrected chi connectivity index (χ1v) is 8.83. The molecule has 0 aliphatic heterocycles. The van der Waals surface area contributed by atoms with E-state index in [9.17, 15) is 9.90 Å². The summed E-state index contributed by atoms with van der Waals surface area (Å²) >= 11 is 0. The van der Waals surface area contributed by atoms with Gasteiger partial charge in [0.25, 0.3) is 0 Å². The first-order valence-electron chi connectivity index (χ1n) is 8.83. The highest BCUT2D eigenvalue weighted by Gasteiger charge is 2.37. The lowest BCUT2D eigenvalue weighted by atomic mass is 9.70. The molecule has 2 aliphatic carbocycles. The molecule has 25 heavy (non-hydrogen) atoms. The summed E-state index contributed by atoms with van der Waals surface area (Å²) in [5.41, 5.74) is 1.99. The summed E-state index contributed by atoms with van der Waals surface area (Å²) < 4.78 is 10.3. The third-order valence-corrected chi connectivity index (χ3v) is 4.39. The first kappa shape index (κ1) is 21.0. The molecule has 140 valence electrons. The van der Waals surface area contributed by atoms with E-state index in [1.54, 1.807) is 6.07 Å². The highest BCUT2D eigenvalue weighted by Crippen LogP contribution is 2.48. The molecule has 0 spiro atoms. The Balaban J connectivity index is 0.000000567. The predicted octanol–water partition coefficient (Wildman–Crippen LogP) is 3.41. The number of carbonyl (C=O) groups excluding carboxylic acids is 1. The van der Waals surface area contributed by atoms with E-state index in [1.165, 1.54) is 14.2 Å². The van der Waals surface area contributed by atoms with Crippen molar-refractivity contribution in [2.24, 2.45) is 5.92 Å². The average Bonchev–Trinajstić information content (AvgIpc) is 2.63. The maximum absolute atomic E-state index is 12.0. The van der Waals surface area contributed by atoms with Gasteiger partial charge in [-0.15, -0.1) is 0 Å². The van der Waals surface area contributed by atoms with Crippen LogP contribution in [-0.4, -0.2) is 39.2 Å². The van der Waals surface area contributed by atoms with Crippen molar-refractivity contribution in [2.45, 2.75) is 39.0 Å². The summed E-state index contributed by atoms with van der Waals surface area (Å²) in [6.07, 6.45) is 4.18. The monoisotopic (exact) mass is 349 g/mol. The number of Topliss-reactive ketones (excluding diaryl/α,β-unsaturated/α-hetero) is 1. The maximum Gasteiger partial charge on any atom is 0.197 e. The number of benzene rings is 1. The van der Waals surface area contributed by atoms with Crippen molar-refractivity contribution in [2.75, 3.05) is 28.3 Å². The molecule has 2 atom stereocenters. The van der Waals surface area contributed by atoms with E-state index in [-0.39, 0.29) is 23.4 Å². The number of methoxy groups -OCH3 is 2. The number of phenolic OH excluding ortho intramolecular Hbond substituents is 1. The molecule has 0 saturated carbocycles. The number of hydrogen-bond acceptors (Lipinski definition) is 5. The van der Waals surface area contributed by atoms with Gasteiger partial charge in [0.1, 0.15) is 0 Å². The number of hydrogen-bond donors (Lipinski definition) is 2. The molecule has 2 aliphatic rings. The number of phenols is 1. The second-order valence-corrected chi connectivity index (χ2v) is 5.86. The lowest BCUT2D eigenvalue weighted by molar-refractivity contribution is -0.119. The average molecular weight is 349 g/mol. The number of ether oxygens (including phenoxy) is 2. The second-order valence-electron chi connectivity index (χ2n) is 5.86. The zero-order valence-electron chi connectivity index (χ0n) is 16.2. The summed E-state index contributed by atoms with van der Waals surface area (Å²) in [5, 5.41) is 13.1. The molecule has 3 rings (SSSR count). The van der Waals surface area contributed by atoms with Crippen molar-refractivity contribution in [3.8, 4) is 11.5 Å². The van der Waals surface area contributed by atoms with E-state index in [0.717, 1.165) is 24.0 Å². The van der Waals surface area contributed by atoms with E-state index in [4.69, 9.17) is 9.47 Å². The number of aromatic hydroxyl groups is 1. The van der Waals surface area contributed by atoms with E-state index in [0.29, 0.717) is 17.9 Å². The number of aryl methyl sites for hydroxylation is 1. The molecule has 2 N–H and O–H groups in total. The first-order chi connectivity index (χ1) is 12.1. The molecule has 0 radical (unpaired) electrons. The Bertz CT molecular complexity index is 610. The number of allylic oxidation sites excluding steroid dienone is 2. The van der Waals surface area contributed by atoms with Crippen molar-refractivity contribution < 1.29 is 19.4 Å². The summed E-state index contributed by atoms with van der Waals surface area (Å²) in [4.78, 5) is 12.0. The van der Waals surface area contributed by atoms with Gasteiger partial charge in [0.05, 0.1) is 14.2 Å². The third kappa shape index (κ3) is 4.54. The summed E-state index contributed by atoms with van der Waals surface area (Å²) in [5.74, 6) is 1.38. The van der Waals surface area contributed by atoms with Crippen molar-refractivity contribution in [3.05, 3.63) is 35.1 Å². The van der Waals surface area contributed by atoms with E-state index >= 15 is 0 Å². The second kappa shape index (κ2) is 10.1. The highest BCUT2D eigenvalue weighted by molar-refractivity contribution is 5.95. The molecule has 0 fully saturated rings. The molecule has 1 aromatic rings. The van der Waals surface area contributed by atoms with Gasteiger partial charge in [-0.05, 0) is 50.6 Å². The fourth-order valence-electron chi connectivity index (χ4n) is 3.39. The van der Waals surface area contributed by atoms with Gasteiger partial charge in [-0.2, -0.15) is 0 Å². The summed E-state index contributed by atoms with van der Waals surface area (Å²) in [6.45, 7) is 4.00. The minimum atomic E-state index is 0.00354. The molecular weight excluding hydrogens is 318 g/mol. The Hall–Kier alpha value is -2.01. The van der Waals surface area contributed by atoms with Gasteiger partial charge >= 0.3 is 0 Å². The van der Waals surface area contributed by atoms with Crippen molar-refractivity contribution in [1.82, 2.24) is 5.32 Å². The zero-order chi connectivity index (χ0) is 19.0. The molecule has 2 unspecified atom stereocenters. The topological polar surface area (TPSA) is 67.8 Å². The molecule has 0 saturated heterocycles. The van der Waals surface area contributed by atoms with Gasteiger partial charge < -0.3 is 19.9 Å². The lowest BCUT2D eigenvalue weighted by Gasteiger charge is -2.35. The fraction of sp³-hybridized carbons (Fsp3) is 0.550. The van der Waals surface area contributed by atoms with E-state index in [1.807, 2.05) is 40.1 Å². The van der Waals surface area contributed by atoms with Gasteiger partial charge in [0.2, 0.25) is 0 Å². The van der Waals surface area contributed by atoms with Crippen LogP contribution >= 0.6 is 0 Å². The number of rotatable bonds is 2. The Kier molecular flexibility index (Phi) is 8.49. The Labute approximate surface area is 151 Å². The molecule has 1 aromatic carbocycles. The third-order valence-electron chi connectivity index (χ3n) is 4.39. The molecule has 0 heterocycles. The van der Waals surface area contributed by atoms with Crippen molar-refractivity contribution in [1.29, 1.82) is 0 Å². The molecule has 0 bridgehead atoms. The lowest BCUT2D eigenvalue weighted by Crippen LogP contribution is -2.27. The van der Waals surface area contributed by atoms with Crippen LogP contribution in [0.5, 0.6) is 11.5 Å². The number of carbonyl (C=O) groups is 1. The fourth-order valence-corrected chi connectivity index (χ4v) is 3.39. The molecule has 0 amide bonds. The maximum atomic E-state index is 12.0. The van der Waals surface area contributed by atoms with Crippen LogP contribution in [0.3, 0.4) is 0 Å². The minimum Gasteiger partial charge on any atom is -0.504 e. The van der Waals surface area contributed by atoms with Crippen molar-refractivity contribution >= 4 is 5.78 Å². The quantitative estimate of drug-likeness (QED) is 0.856. The van der Waals surface area contributed by atoms with Gasteiger partial charge in [-0.1, -0.05) is 19.9 Å². The largest absolute Gasteiger partial charge is 0.504 e. The summed E-state index contributed by atoms with van der Waals surface area (Å²) in [7, 11) is 6.82. The number of ketones is 1. The van der Waals surface area contributed by atoms with Crippen molar-refractivity contribution in [3.63, 3.8) is 0 Å². The van der Waals surface area contributed by atoms with Crippen LogP contribution in [0.4, 0.5) is 0 Å². The molecule has 5 heteroatoms. The van der Waals surface area contributed by atoms with Crippen LogP contribution in [0.25, 0.3) is 0 Å². The molecule has 0 aromatic heterocycles. The van der Waals surface area contributed by atoms with Crippen LogP contribution in [-0.2, 0) is 16.0 Å². The van der Waals surface area contributed by atoms with Gasteiger partial charge in [-0.3, -0.25) is 4.79 Å². The standard InChI is InChI=1S/C16H18O4.C2H7N.C2H6/c1-19-13-6-5-9-3-4-10-7-14(20-2)12(17)8-11(10)15(9)16(13)18;1-3-2;1-2/h5-7,10-11,18H,3-4,8H2,1-2H3;3H,1-2H3;1-2H3. The Morgan fingerprint density at radius 1 is 1.16 bits per heavy atom. The Morgan fingerprint density at radius 3 is 2.36 bits per heavy atom. The van der Waals surface area contributed by atoms with Crippen LogP contribution in [0.15, 0.2) is 24.0 Å². The van der Waals surface area contributed by atoms with Crippen LogP contribution in [0, 0.1) is 5.92 Å². The van der Waals surface area contributed by atoms with Gasteiger partial charge in [-0.25, -0.2) is 0 Å². The summed E-state index contributed by atoms with van der Waals surface area (Å²) in [6, 6.07) is 3.78. The van der Waals surface area contributed by atoms with Gasteiger partial charge in [0, 0.05) is 17.9 Å².